The van der Waals surface area contributed by atoms with Gasteiger partial charge in [-0.25, -0.2) is 4.79 Å². The number of quaternary nitrogens is 1. The van der Waals surface area contributed by atoms with Crippen LogP contribution in [0.25, 0.3) is 0 Å². The Kier molecular flexibility index (Phi) is 9.69. The number of hydrogen-bond donors (Lipinski definition) is 2. The quantitative estimate of drug-likeness (QED) is 0.471. The second-order valence-corrected chi connectivity index (χ2v) is 12.8. The van der Waals surface area contributed by atoms with E-state index in [0.717, 1.165) is 44.3 Å². The van der Waals surface area contributed by atoms with Crippen molar-refractivity contribution < 1.29 is 32.9 Å². The van der Waals surface area contributed by atoms with E-state index >= 15 is 0 Å². The predicted octanol–water partition coefficient (Wildman–Crippen LogP) is 3.71. The number of aryl methyl sites for hydroxylation is 1. The zero-order valence-electron chi connectivity index (χ0n) is 24.4. The molecule has 224 valence electrons. The molecular formula is C28H41N6O6S+. The Morgan fingerprint density at radius 1 is 0.976 bits per heavy atom. The summed E-state index contributed by atoms with van der Waals surface area (Å²) in [6, 6.07) is 1.58. The van der Waals surface area contributed by atoms with Crippen molar-refractivity contribution in [3.63, 3.8) is 0 Å². The SMILES string of the molecule is Cc1csc(C(=O)N2CCN(C(=O)OC(C)(C)C)CC2)c1NC(=O)C[N+]1(CC(=O)Nc2ccon2)CCCCCC1. The van der Waals surface area contributed by atoms with Crippen LogP contribution in [0.15, 0.2) is 22.2 Å². The van der Waals surface area contributed by atoms with Crippen LogP contribution in [0.2, 0.25) is 0 Å². The topological polar surface area (TPSA) is 134 Å². The highest BCUT2D eigenvalue weighted by Crippen LogP contribution is 2.30. The molecule has 0 spiro atoms. The van der Waals surface area contributed by atoms with E-state index in [1.807, 2.05) is 33.1 Å². The number of likely N-dealkylation sites (tertiary alicyclic amines) is 1. The van der Waals surface area contributed by atoms with Crippen LogP contribution in [0.3, 0.4) is 0 Å². The molecule has 12 nitrogen and oxygen atoms in total. The maximum Gasteiger partial charge on any atom is 0.410 e. The lowest BCUT2D eigenvalue weighted by Gasteiger charge is -2.36. The smallest absolute Gasteiger partial charge is 0.410 e. The molecule has 2 fully saturated rings. The Morgan fingerprint density at radius 2 is 1.59 bits per heavy atom. The molecule has 0 aliphatic carbocycles. The number of carbonyl (C=O) groups excluding carboxylic acids is 4. The molecule has 41 heavy (non-hydrogen) atoms. The van der Waals surface area contributed by atoms with Crippen LogP contribution in [-0.2, 0) is 14.3 Å². The van der Waals surface area contributed by atoms with E-state index in [1.54, 1.807) is 15.9 Å². The van der Waals surface area contributed by atoms with E-state index in [0.29, 0.717) is 47.0 Å². The average Bonchev–Trinajstić information content (AvgIpc) is 3.47. The van der Waals surface area contributed by atoms with Gasteiger partial charge in [0.25, 0.3) is 17.7 Å². The maximum absolute atomic E-state index is 13.5. The fourth-order valence-corrected chi connectivity index (χ4v) is 6.27. The van der Waals surface area contributed by atoms with Crippen molar-refractivity contribution in [2.45, 2.75) is 59.0 Å². The molecule has 4 heterocycles. The lowest BCUT2D eigenvalue weighted by molar-refractivity contribution is -0.912. The molecule has 2 aliphatic heterocycles. The average molecular weight is 590 g/mol. The van der Waals surface area contributed by atoms with Crippen molar-refractivity contribution >= 4 is 46.7 Å². The summed E-state index contributed by atoms with van der Waals surface area (Å²) in [6.45, 7) is 10.6. The summed E-state index contributed by atoms with van der Waals surface area (Å²) in [7, 11) is 0. The molecule has 4 amide bonds. The van der Waals surface area contributed by atoms with E-state index in [2.05, 4.69) is 15.8 Å². The highest BCUT2D eigenvalue weighted by molar-refractivity contribution is 7.13. The van der Waals surface area contributed by atoms with Crippen molar-refractivity contribution in [2.24, 2.45) is 0 Å². The van der Waals surface area contributed by atoms with Gasteiger partial charge < -0.3 is 34.2 Å². The van der Waals surface area contributed by atoms with Gasteiger partial charge in [-0.05, 0) is 64.3 Å². The largest absolute Gasteiger partial charge is 0.444 e. The third-order valence-corrected chi connectivity index (χ3v) is 8.42. The fraction of sp³-hybridized carbons (Fsp3) is 0.607. The number of ether oxygens (including phenoxy) is 1. The van der Waals surface area contributed by atoms with Crippen molar-refractivity contribution in [3.8, 4) is 0 Å². The minimum Gasteiger partial charge on any atom is -0.444 e. The summed E-state index contributed by atoms with van der Waals surface area (Å²) in [5.74, 6) is -0.280. The summed E-state index contributed by atoms with van der Waals surface area (Å²) >= 11 is 1.30. The lowest BCUT2D eigenvalue weighted by atomic mass is 10.2. The maximum atomic E-state index is 13.5. The third kappa shape index (κ3) is 8.29. The molecule has 0 aromatic carbocycles. The van der Waals surface area contributed by atoms with Crippen LogP contribution in [-0.4, -0.2) is 101 Å². The number of amides is 4. The molecule has 2 aliphatic rings. The summed E-state index contributed by atoms with van der Waals surface area (Å²) < 4.78 is 10.6. The number of piperazine rings is 1. The molecule has 0 saturated carbocycles. The Hall–Kier alpha value is -3.45. The molecule has 2 aromatic heterocycles. The molecule has 2 saturated heterocycles. The molecule has 13 heteroatoms. The molecule has 0 unspecified atom stereocenters. The van der Waals surface area contributed by atoms with Gasteiger partial charge in [-0.15, -0.1) is 11.3 Å². The van der Waals surface area contributed by atoms with Crippen LogP contribution in [0.1, 0.15) is 61.7 Å². The van der Waals surface area contributed by atoms with Gasteiger partial charge in [-0.3, -0.25) is 14.4 Å². The highest BCUT2D eigenvalue weighted by atomic mass is 32.1. The zero-order valence-corrected chi connectivity index (χ0v) is 25.2. The molecule has 2 N–H and O–H groups in total. The first-order valence-electron chi connectivity index (χ1n) is 14.2. The molecule has 2 aromatic rings. The number of anilines is 2. The van der Waals surface area contributed by atoms with Crippen LogP contribution in [0, 0.1) is 6.92 Å². The number of rotatable bonds is 7. The van der Waals surface area contributed by atoms with Gasteiger partial charge in [0, 0.05) is 32.2 Å². The van der Waals surface area contributed by atoms with Gasteiger partial charge in [0.05, 0.1) is 18.8 Å². The number of nitrogens with one attached hydrogen (secondary N) is 2. The molecule has 4 rings (SSSR count). The van der Waals surface area contributed by atoms with Crippen molar-refractivity contribution in [1.82, 2.24) is 15.0 Å². The van der Waals surface area contributed by atoms with Crippen LogP contribution in [0.4, 0.5) is 16.3 Å². The summed E-state index contributed by atoms with van der Waals surface area (Å²) in [5.41, 5.74) is 0.741. The van der Waals surface area contributed by atoms with E-state index in [4.69, 9.17) is 9.26 Å². The molecule has 0 atom stereocenters. The van der Waals surface area contributed by atoms with Crippen molar-refractivity contribution in [2.75, 3.05) is 63.0 Å². The van der Waals surface area contributed by atoms with Crippen molar-refractivity contribution in [1.29, 1.82) is 0 Å². The van der Waals surface area contributed by atoms with Gasteiger partial charge in [0.15, 0.2) is 18.9 Å². The summed E-state index contributed by atoms with van der Waals surface area (Å²) in [6.07, 6.45) is 5.00. The molecular weight excluding hydrogens is 548 g/mol. The van der Waals surface area contributed by atoms with E-state index in [-0.39, 0.29) is 36.9 Å². The molecule has 0 bridgehead atoms. The Bertz CT molecular complexity index is 1220. The second kappa shape index (κ2) is 13.0. The van der Waals surface area contributed by atoms with Gasteiger partial charge in [0.2, 0.25) is 0 Å². The predicted molar refractivity (Wildman–Crippen MR) is 155 cm³/mol. The second-order valence-electron chi connectivity index (χ2n) is 11.9. The van der Waals surface area contributed by atoms with E-state index in [1.165, 1.54) is 17.6 Å². The number of thiophene rings is 1. The van der Waals surface area contributed by atoms with Gasteiger partial charge >= 0.3 is 6.09 Å². The number of aromatic nitrogens is 1. The summed E-state index contributed by atoms with van der Waals surface area (Å²) in [4.78, 5) is 56.0. The highest BCUT2D eigenvalue weighted by Gasteiger charge is 2.35. The first kappa shape index (κ1) is 30.5. The zero-order chi connectivity index (χ0) is 29.6. The monoisotopic (exact) mass is 589 g/mol. The Balaban J connectivity index is 1.40. The van der Waals surface area contributed by atoms with Crippen LogP contribution in [0.5, 0.6) is 0 Å². The number of carbonyl (C=O) groups is 4. The standard InChI is InChI=1S/C28H40N6O6S/c1-20-19-41-25(26(37)32-10-12-33(13-11-32)27(38)40-28(2,3)4)24(20)30-23(36)18-34(14-7-5-6-8-15-34)17-22(35)29-21-9-16-39-31-21/h9,16,19H,5-8,10-15,17-18H2,1-4H3,(H-,29,30,31,35,36,37)/p+1. The van der Waals surface area contributed by atoms with Gasteiger partial charge in [0.1, 0.15) is 16.7 Å². The normalized spacial score (nSPS) is 17.5. The van der Waals surface area contributed by atoms with Crippen LogP contribution < -0.4 is 10.6 Å². The third-order valence-electron chi connectivity index (χ3n) is 7.33. The lowest BCUT2D eigenvalue weighted by Crippen LogP contribution is -2.56. The first-order chi connectivity index (χ1) is 19.4. The van der Waals surface area contributed by atoms with E-state index < -0.39 is 5.60 Å². The number of nitrogens with zero attached hydrogens (tertiary/aromatic N) is 4. The Labute approximate surface area is 244 Å². The number of hydrogen-bond acceptors (Lipinski definition) is 8. The minimum absolute atomic E-state index is 0.129. The van der Waals surface area contributed by atoms with Gasteiger partial charge in [-0.1, -0.05) is 5.16 Å². The fourth-order valence-electron chi connectivity index (χ4n) is 5.30. The molecule has 0 radical (unpaired) electrons. The Morgan fingerprint density at radius 3 is 2.17 bits per heavy atom. The van der Waals surface area contributed by atoms with E-state index in [9.17, 15) is 19.2 Å². The minimum atomic E-state index is -0.583. The summed E-state index contributed by atoms with van der Waals surface area (Å²) in [5, 5.41) is 11.4. The first-order valence-corrected chi connectivity index (χ1v) is 15.0. The van der Waals surface area contributed by atoms with Crippen LogP contribution >= 0.6 is 11.3 Å². The van der Waals surface area contributed by atoms with Crippen molar-refractivity contribution in [3.05, 3.63) is 28.2 Å². The van der Waals surface area contributed by atoms with Gasteiger partial charge in [-0.2, -0.15) is 0 Å².